The number of halogens is 3. The van der Waals surface area contributed by atoms with E-state index in [1.165, 1.54) is 16.8 Å². The monoisotopic (exact) mass is 404 g/mol. The Bertz CT molecular complexity index is 1240. The van der Waals surface area contributed by atoms with Crippen LogP contribution in [0, 0.1) is 13.8 Å². The summed E-state index contributed by atoms with van der Waals surface area (Å²) in [4.78, 5) is 22.4. The molecule has 0 fully saturated rings. The van der Waals surface area contributed by atoms with Crippen molar-refractivity contribution in [3.8, 4) is 5.69 Å². The van der Waals surface area contributed by atoms with Gasteiger partial charge < -0.3 is 5.32 Å². The van der Waals surface area contributed by atoms with Gasteiger partial charge in [0, 0.05) is 11.9 Å². The van der Waals surface area contributed by atoms with Gasteiger partial charge in [0.25, 0.3) is 5.56 Å². The number of aromatic nitrogens is 3. The Morgan fingerprint density at radius 2 is 1.86 bits per heavy atom. The molecule has 5 nitrogen and oxygen atoms in total. The van der Waals surface area contributed by atoms with Gasteiger partial charge in [-0.25, -0.2) is 9.97 Å². The zero-order valence-electron chi connectivity index (χ0n) is 15.0. The fourth-order valence-electron chi connectivity index (χ4n) is 3.06. The molecule has 0 radical (unpaired) electrons. The van der Waals surface area contributed by atoms with Crippen LogP contribution in [0.3, 0.4) is 0 Å². The number of aryl methyl sites for hydroxylation is 2. The SMILES string of the molecule is Cc1ccc(-n2c(C)nc3c(sc4nccc(NCC(F)(F)F)c43)c2=O)cc1. The summed E-state index contributed by atoms with van der Waals surface area (Å²) in [5, 5.41) is 2.82. The minimum absolute atomic E-state index is 0.257. The maximum atomic E-state index is 13.1. The van der Waals surface area contributed by atoms with Gasteiger partial charge in [-0.3, -0.25) is 9.36 Å². The van der Waals surface area contributed by atoms with Crippen LogP contribution in [-0.2, 0) is 0 Å². The summed E-state index contributed by atoms with van der Waals surface area (Å²) in [5.74, 6) is 0.451. The Balaban J connectivity index is 1.94. The molecule has 0 spiro atoms. The van der Waals surface area contributed by atoms with Crippen LogP contribution in [0.2, 0.25) is 0 Å². The van der Waals surface area contributed by atoms with E-state index in [0.29, 0.717) is 31.9 Å². The Labute approximate surface area is 161 Å². The van der Waals surface area contributed by atoms with E-state index < -0.39 is 12.7 Å². The van der Waals surface area contributed by atoms with Crippen LogP contribution in [0.5, 0.6) is 0 Å². The second kappa shape index (κ2) is 6.59. The topological polar surface area (TPSA) is 59.8 Å². The third-order valence-corrected chi connectivity index (χ3v) is 5.41. The molecule has 0 unspecified atom stereocenters. The summed E-state index contributed by atoms with van der Waals surface area (Å²) in [5.41, 5.74) is 2.10. The number of nitrogens with one attached hydrogen (secondary N) is 1. The van der Waals surface area contributed by atoms with Crippen LogP contribution in [0.25, 0.3) is 26.1 Å². The molecule has 4 aromatic rings. The highest BCUT2D eigenvalue weighted by Gasteiger charge is 2.27. The largest absolute Gasteiger partial charge is 0.405 e. The van der Waals surface area contributed by atoms with Crippen molar-refractivity contribution >= 4 is 37.5 Å². The van der Waals surface area contributed by atoms with Crippen molar-refractivity contribution in [2.24, 2.45) is 0 Å². The van der Waals surface area contributed by atoms with E-state index >= 15 is 0 Å². The summed E-state index contributed by atoms with van der Waals surface area (Å²) >= 11 is 1.13. The van der Waals surface area contributed by atoms with Crippen molar-refractivity contribution in [1.82, 2.24) is 14.5 Å². The summed E-state index contributed by atoms with van der Waals surface area (Å²) in [6.45, 7) is 2.47. The first kappa shape index (κ1) is 18.4. The number of fused-ring (bicyclic) bond motifs is 3. The normalized spacial score (nSPS) is 12.0. The molecule has 0 saturated carbocycles. The van der Waals surface area contributed by atoms with Crippen LogP contribution in [0.4, 0.5) is 18.9 Å². The third kappa shape index (κ3) is 3.22. The molecule has 0 amide bonds. The molecule has 3 aromatic heterocycles. The van der Waals surface area contributed by atoms with E-state index in [4.69, 9.17) is 0 Å². The summed E-state index contributed by atoms with van der Waals surface area (Å²) < 4.78 is 39.8. The zero-order valence-corrected chi connectivity index (χ0v) is 15.8. The second-order valence-corrected chi connectivity index (χ2v) is 7.42. The number of pyridine rings is 1. The van der Waals surface area contributed by atoms with Crippen molar-refractivity contribution < 1.29 is 13.2 Å². The Morgan fingerprint density at radius 1 is 1.14 bits per heavy atom. The van der Waals surface area contributed by atoms with Gasteiger partial charge in [0.1, 0.15) is 27.4 Å². The van der Waals surface area contributed by atoms with Crippen LogP contribution in [-0.4, -0.2) is 27.3 Å². The molecule has 9 heteroatoms. The quantitative estimate of drug-likeness (QED) is 0.543. The molecule has 0 saturated heterocycles. The highest BCUT2D eigenvalue weighted by Crippen LogP contribution is 2.35. The first-order valence-electron chi connectivity index (χ1n) is 8.43. The van der Waals surface area contributed by atoms with E-state index in [9.17, 15) is 18.0 Å². The molecule has 144 valence electrons. The summed E-state index contributed by atoms with van der Waals surface area (Å²) in [6, 6.07) is 8.93. The molecule has 0 aliphatic rings. The Hall–Kier alpha value is -2.94. The maximum absolute atomic E-state index is 13.1. The zero-order chi connectivity index (χ0) is 20.1. The minimum atomic E-state index is -4.36. The molecule has 3 heterocycles. The van der Waals surface area contributed by atoms with Crippen molar-refractivity contribution in [2.75, 3.05) is 11.9 Å². The van der Waals surface area contributed by atoms with E-state index in [1.807, 2.05) is 31.2 Å². The van der Waals surface area contributed by atoms with E-state index in [1.54, 1.807) is 6.92 Å². The van der Waals surface area contributed by atoms with Crippen LogP contribution >= 0.6 is 11.3 Å². The average molecular weight is 404 g/mol. The number of alkyl halides is 3. The van der Waals surface area contributed by atoms with E-state index in [-0.39, 0.29) is 11.2 Å². The predicted molar refractivity (Wildman–Crippen MR) is 105 cm³/mol. The molecule has 0 atom stereocenters. The van der Waals surface area contributed by atoms with Crippen LogP contribution < -0.4 is 10.9 Å². The second-order valence-electron chi connectivity index (χ2n) is 6.42. The van der Waals surface area contributed by atoms with Crippen molar-refractivity contribution in [2.45, 2.75) is 20.0 Å². The van der Waals surface area contributed by atoms with Gasteiger partial charge in [0.2, 0.25) is 0 Å². The number of hydrogen-bond donors (Lipinski definition) is 1. The van der Waals surface area contributed by atoms with Gasteiger partial charge in [-0.2, -0.15) is 13.2 Å². The number of benzene rings is 1. The lowest BCUT2D eigenvalue weighted by atomic mass is 10.2. The molecular formula is C19H15F3N4OS. The van der Waals surface area contributed by atoms with Crippen molar-refractivity contribution in [3.63, 3.8) is 0 Å². The van der Waals surface area contributed by atoms with Gasteiger partial charge in [-0.05, 0) is 32.0 Å². The first-order chi connectivity index (χ1) is 13.2. The maximum Gasteiger partial charge on any atom is 0.405 e. The molecule has 0 bridgehead atoms. The molecule has 1 N–H and O–H groups in total. The lowest BCUT2D eigenvalue weighted by Crippen LogP contribution is -2.22. The molecular weight excluding hydrogens is 389 g/mol. The fourth-order valence-corrected chi connectivity index (χ4v) is 4.10. The van der Waals surface area contributed by atoms with Crippen molar-refractivity contribution in [1.29, 1.82) is 0 Å². The lowest BCUT2D eigenvalue weighted by molar-refractivity contribution is -0.115. The van der Waals surface area contributed by atoms with Crippen LogP contribution in [0.15, 0.2) is 41.3 Å². The molecule has 0 aliphatic heterocycles. The Kier molecular flexibility index (Phi) is 4.34. The molecule has 28 heavy (non-hydrogen) atoms. The number of hydrogen-bond acceptors (Lipinski definition) is 5. The third-order valence-electron chi connectivity index (χ3n) is 4.33. The summed E-state index contributed by atoms with van der Waals surface area (Å²) in [6.07, 6.45) is -2.94. The van der Waals surface area contributed by atoms with E-state index in [0.717, 1.165) is 16.9 Å². The Morgan fingerprint density at radius 3 is 2.54 bits per heavy atom. The average Bonchev–Trinajstić information content (AvgIpc) is 3.00. The molecule has 1 aromatic carbocycles. The smallest absolute Gasteiger partial charge is 0.376 e. The van der Waals surface area contributed by atoms with Gasteiger partial charge in [-0.15, -0.1) is 11.3 Å². The highest BCUT2D eigenvalue weighted by atomic mass is 32.1. The first-order valence-corrected chi connectivity index (χ1v) is 9.25. The summed E-state index contributed by atoms with van der Waals surface area (Å²) in [7, 11) is 0. The van der Waals surface area contributed by atoms with Gasteiger partial charge >= 0.3 is 6.18 Å². The van der Waals surface area contributed by atoms with Gasteiger partial charge in [0.05, 0.1) is 11.1 Å². The minimum Gasteiger partial charge on any atom is -0.376 e. The number of anilines is 1. The lowest BCUT2D eigenvalue weighted by Gasteiger charge is -2.11. The number of nitrogens with zero attached hydrogens (tertiary/aromatic N) is 3. The molecule has 4 rings (SSSR count). The van der Waals surface area contributed by atoms with Crippen LogP contribution in [0.1, 0.15) is 11.4 Å². The van der Waals surface area contributed by atoms with Gasteiger partial charge in [0.15, 0.2) is 0 Å². The predicted octanol–water partition coefficient (Wildman–Crippen LogP) is 4.59. The van der Waals surface area contributed by atoms with Gasteiger partial charge in [-0.1, -0.05) is 17.7 Å². The standard InChI is InChI=1S/C19H15F3N4OS/c1-10-3-5-12(6-4-10)26-11(2)25-15-14-13(24-9-19(20,21)22)7-8-23-17(14)28-16(15)18(26)27/h3-8H,9H2,1-2H3,(H,23,24). The number of thiophene rings is 1. The fraction of sp³-hybridized carbons (Fsp3) is 0.211. The number of rotatable bonds is 3. The van der Waals surface area contributed by atoms with E-state index in [2.05, 4.69) is 15.3 Å². The highest BCUT2D eigenvalue weighted by molar-refractivity contribution is 7.25. The van der Waals surface area contributed by atoms with Crippen molar-refractivity contribution in [3.05, 3.63) is 58.3 Å². The molecule has 0 aliphatic carbocycles.